The Balaban J connectivity index is 2.30. The van der Waals surface area contributed by atoms with Gasteiger partial charge in [0.15, 0.2) is 0 Å². The molecule has 0 saturated heterocycles. The van der Waals surface area contributed by atoms with Crippen LogP contribution >= 0.6 is 23.5 Å². The van der Waals surface area contributed by atoms with E-state index in [-0.39, 0.29) is 0 Å². The molecule has 0 bridgehead atoms. The van der Waals surface area contributed by atoms with Gasteiger partial charge in [-0.15, -0.1) is 23.5 Å². The summed E-state index contributed by atoms with van der Waals surface area (Å²) in [5.74, 6) is 0.831. The van der Waals surface area contributed by atoms with Crippen LogP contribution in [0.25, 0.3) is 0 Å². The fourth-order valence-electron chi connectivity index (χ4n) is 1.66. The first-order valence-corrected chi connectivity index (χ1v) is 7.19. The van der Waals surface area contributed by atoms with E-state index in [4.69, 9.17) is 5.11 Å². The van der Waals surface area contributed by atoms with Gasteiger partial charge < -0.3 is 10.0 Å². The first-order chi connectivity index (χ1) is 7.70. The summed E-state index contributed by atoms with van der Waals surface area (Å²) < 4.78 is 0. The molecule has 1 aliphatic heterocycles. The van der Waals surface area contributed by atoms with Crippen LogP contribution in [0.15, 0.2) is 28.0 Å². The van der Waals surface area contributed by atoms with Crippen LogP contribution in [-0.4, -0.2) is 34.7 Å². The summed E-state index contributed by atoms with van der Waals surface area (Å²) in [5, 5.41) is 9.03. The minimum atomic E-state index is -0.831. The van der Waals surface area contributed by atoms with Gasteiger partial charge in [0.1, 0.15) is 0 Å². The lowest BCUT2D eigenvalue weighted by atomic mass is 10.2. The van der Waals surface area contributed by atoms with E-state index in [1.54, 1.807) is 23.5 Å². The van der Waals surface area contributed by atoms with Gasteiger partial charge in [-0.1, -0.05) is 0 Å². The molecular weight excluding hydrogens is 242 g/mol. The minimum Gasteiger partial charge on any atom is -0.465 e. The van der Waals surface area contributed by atoms with Crippen LogP contribution in [0.1, 0.15) is 5.56 Å². The molecule has 0 spiro atoms. The molecule has 0 aliphatic carbocycles. The molecule has 0 atom stereocenters. The Hall–Kier alpha value is -0.810. The zero-order valence-electron chi connectivity index (χ0n) is 8.97. The van der Waals surface area contributed by atoms with Crippen molar-refractivity contribution >= 4 is 29.6 Å². The van der Waals surface area contributed by atoms with Gasteiger partial charge in [-0.3, -0.25) is 0 Å². The molecule has 1 aromatic carbocycles. The van der Waals surface area contributed by atoms with E-state index in [0.29, 0.717) is 13.1 Å². The minimum absolute atomic E-state index is 0.506. The molecule has 16 heavy (non-hydrogen) atoms. The predicted molar refractivity (Wildman–Crippen MR) is 67.4 cm³/mol. The third-order valence-corrected chi connectivity index (χ3v) is 4.34. The van der Waals surface area contributed by atoms with Gasteiger partial charge in [0.05, 0.1) is 6.54 Å². The molecule has 2 rings (SSSR count). The third-order valence-electron chi connectivity index (χ3n) is 2.52. The SMILES string of the molecule is CSc1ccc2c(c1)CN(C(=O)O)CCS2. The van der Waals surface area contributed by atoms with Gasteiger partial charge in [0.25, 0.3) is 0 Å². The molecule has 1 N–H and O–H groups in total. The molecule has 0 saturated carbocycles. The summed E-state index contributed by atoms with van der Waals surface area (Å²) in [4.78, 5) is 14.9. The second-order valence-electron chi connectivity index (χ2n) is 3.53. The zero-order chi connectivity index (χ0) is 11.5. The monoisotopic (exact) mass is 255 g/mol. The van der Waals surface area contributed by atoms with Crippen molar-refractivity contribution in [2.75, 3.05) is 18.6 Å². The van der Waals surface area contributed by atoms with Gasteiger partial charge >= 0.3 is 6.09 Å². The summed E-state index contributed by atoms with van der Waals surface area (Å²) in [7, 11) is 0. The molecule has 5 heteroatoms. The Kier molecular flexibility index (Phi) is 3.66. The average molecular weight is 255 g/mol. The van der Waals surface area contributed by atoms with Crippen LogP contribution in [0.2, 0.25) is 0 Å². The number of carboxylic acid groups (broad SMARTS) is 1. The molecule has 86 valence electrons. The maximum absolute atomic E-state index is 11.0. The Bertz CT molecular complexity index is 409. The molecule has 3 nitrogen and oxygen atoms in total. The average Bonchev–Trinajstić information content (AvgIpc) is 2.49. The van der Waals surface area contributed by atoms with E-state index in [1.807, 2.05) is 6.26 Å². The summed E-state index contributed by atoms with van der Waals surface area (Å²) in [6.45, 7) is 1.11. The predicted octanol–water partition coefficient (Wildman–Crippen LogP) is 2.99. The van der Waals surface area contributed by atoms with Crippen molar-refractivity contribution in [3.8, 4) is 0 Å². The third kappa shape index (κ3) is 2.47. The fraction of sp³-hybridized carbons (Fsp3) is 0.364. The van der Waals surface area contributed by atoms with Crippen LogP contribution in [0.5, 0.6) is 0 Å². The second-order valence-corrected chi connectivity index (χ2v) is 5.54. The van der Waals surface area contributed by atoms with Crippen molar-refractivity contribution in [2.24, 2.45) is 0 Å². The maximum Gasteiger partial charge on any atom is 0.407 e. The number of hydrogen-bond acceptors (Lipinski definition) is 3. The smallest absolute Gasteiger partial charge is 0.407 e. The van der Waals surface area contributed by atoms with Gasteiger partial charge in [0.2, 0.25) is 0 Å². The highest BCUT2D eigenvalue weighted by atomic mass is 32.2. The van der Waals surface area contributed by atoms with Crippen molar-refractivity contribution in [3.05, 3.63) is 23.8 Å². The Labute approximate surface area is 103 Å². The van der Waals surface area contributed by atoms with E-state index in [1.165, 1.54) is 14.7 Å². The topological polar surface area (TPSA) is 40.5 Å². The Morgan fingerprint density at radius 3 is 3.06 bits per heavy atom. The molecule has 1 amide bonds. The van der Waals surface area contributed by atoms with Crippen LogP contribution in [0, 0.1) is 0 Å². The van der Waals surface area contributed by atoms with E-state index in [0.717, 1.165) is 11.3 Å². The highest BCUT2D eigenvalue weighted by Crippen LogP contribution is 2.30. The first-order valence-electron chi connectivity index (χ1n) is 4.98. The van der Waals surface area contributed by atoms with E-state index >= 15 is 0 Å². The summed E-state index contributed by atoms with van der Waals surface area (Å²) in [6, 6.07) is 6.28. The zero-order valence-corrected chi connectivity index (χ0v) is 10.6. The second kappa shape index (κ2) is 5.01. The fourth-order valence-corrected chi connectivity index (χ4v) is 3.13. The van der Waals surface area contributed by atoms with Crippen molar-refractivity contribution in [3.63, 3.8) is 0 Å². The normalized spacial score (nSPS) is 15.4. The molecule has 1 aliphatic rings. The highest BCUT2D eigenvalue weighted by molar-refractivity contribution is 7.99. The van der Waals surface area contributed by atoms with E-state index in [2.05, 4.69) is 18.2 Å². The van der Waals surface area contributed by atoms with Crippen molar-refractivity contribution in [1.29, 1.82) is 0 Å². The lowest BCUT2D eigenvalue weighted by molar-refractivity contribution is 0.145. The van der Waals surface area contributed by atoms with Crippen molar-refractivity contribution in [1.82, 2.24) is 4.90 Å². The van der Waals surface area contributed by atoms with Crippen LogP contribution in [0.4, 0.5) is 4.79 Å². The number of carbonyl (C=O) groups is 1. The number of nitrogens with zero attached hydrogens (tertiary/aromatic N) is 1. The van der Waals surface area contributed by atoms with Gasteiger partial charge in [-0.05, 0) is 30.0 Å². The number of benzene rings is 1. The van der Waals surface area contributed by atoms with Crippen molar-refractivity contribution in [2.45, 2.75) is 16.3 Å². The molecule has 0 fully saturated rings. The number of amides is 1. The summed E-state index contributed by atoms with van der Waals surface area (Å²) in [6.07, 6.45) is 1.20. The molecule has 1 aromatic rings. The summed E-state index contributed by atoms with van der Waals surface area (Å²) in [5.41, 5.74) is 1.12. The number of hydrogen-bond donors (Lipinski definition) is 1. The van der Waals surface area contributed by atoms with Gasteiger partial charge in [-0.2, -0.15) is 0 Å². The van der Waals surface area contributed by atoms with E-state index in [9.17, 15) is 4.79 Å². The lowest BCUT2D eigenvalue weighted by Gasteiger charge is -2.16. The highest BCUT2D eigenvalue weighted by Gasteiger charge is 2.18. The Morgan fingerprint density at radius 1 is 1.56 bits per heavy atom. The van der Waals surface area contributed by atoms with Gasteiger partial charge in [-0.25, -0.2) is 4.79 Å². The molecule has 0 unspecified atom stereocenters. The lowest BCUT2D eigenvalue weighted by Crippen LogP contribution is -2.29. The van der Waals surface area contributed by atoms with Gasteiger partial charge in [0, 0.05) is 22.1 Å². The largest absolute Gasteiger partial charge is 0.465 e. The number of rotatable bonds is 1. The molecule has 1 heterocycles. The molecule has 0 aromatic heterocycles. The Morgan fingerprint density at radius 2 is 2.38 bits per heavy atom. The van der Waals surface area contributed by atoms with Crippen LogP contribution < -0.4 is 0 Å². The van der Waals surface area contributed by atoms with Crippen LogP contribution in [0.3, 0.4) is 0 Å². The standard InChI is InChI=1S/C11H13NO2S2/c1-15-9-2-3-10-8(6-9)7-12(11(13)14)4-5-16-10/h2-3,6H,4-5,7H2,1H3,(H,13,14). The molecule has 0 radical (unpaired) electrons. The first kappa shape index (κ1) is 11.7. The summed E-state index contributed by atoms with van der Waals surface area (Å²) >= 11 is 3.42. The number of fused-ring (bicyclic) bond motifs is 1. The van der Waals surface area contributed by atoms with Crippen molar-refractivity contribution < 1.29 is 9.90 Å². The van der Waals surface area contributed by atoms with E-state index < -0.39 is 6.09 Å². The molecular formula is C11H13NO2S2. The maximum atomic E-state index is 11.0. The number of thioether (sulfide) groups is 2. The van der Waals surface area contributed by atoms with Crippen LogP contribution in [-0.2, 0) is 6.54 Å². The quantitative estimate of drug-likeness (QED) is 0.783.